The van der Waals surface area contributed by atoms with Gasteiger partial charge in [0.05, 0.1) is 22.2 Å². The molecule has 3 aliphatic carbocycles. The Morgan fingerprint density at radius 1 is 0.333 bits per heavy atom. The highest BCUT2D eigenvalue weighted by Gasteiger charge is 2.59. The van der Waals surface area contributed by atoms with Gasteiger partial charge in [-0.1, -0.05) is 188 Å². The second-order valence-corrected chi connectivity index (χ2v) is 14.9. The topological polar surface area (TPSA) is 12.9 Å². The molecule has 1 heteroatoms. The third kappa shape index (κ3) is 3.61. The largest absolute Gasteiger partial charge is 0.247 e. The minimum absolute atomic E-state index is 0.453. The molecule has 0 radical (unpaired) electrons. The lowest BCUT2D eigenvalue weighted by Crippen LogP contribution is -2.43. The van der Waals surface area contributed by atoms with Crippen LogP contribution in [0.4, 0.5) is 0 Å². The number of rotatable bonds is 3. The molecule has 0 saturated heterocycles. The molecule has 54 heavy (non-hydrogen) atoms. The molecular weight excluding hydrogens is 651 g/mol. The minimum atomic E-state index is -0.538. The molecule has 8 aromatic carbocycles. The van der Waals surface area contributed by atoms with E-state index in [1.54, 1.807) is 0 Å². The van der Waals surface area contributed by atoms with Crippen LogP contribution >= 0.6 is 0 Å². The van der Waals surface area contributed by atoms with Crippen molar-refractivity contribution < 1.29 is 0 Å². The fraction of sp³-hybridized carbons (Fsp3) is 0.0377. The lowest BCUT2D eigenvalue weighted by atomic mass is 9.52. The van der Waals surface area contributed by atoms with Crippen molar-refractivity contribution in [2.75, 3.05) is 0 Å². The Morgan fingerprint density at radius 2 is 0.889 bits per heavy atom. The van der Waals surface area contributed by atoms with E-state index in [0.717, 1.165) is 27.9 Å². The lowest BCUT2D eigenvalue weighted by molar-refractivity contribution is 0.636. The van der Waals surface area contributed by atoms with Gasteiger partial charge in [-0.25, -0.2) is 4.98 Å². The van der Waals surface area contributed by atoms with E-state index in [-0.39, 0.29) is 0 Å². The van der Waals surface area contributed by atoms with Gasteiger partial charge in [0.2, 0.25) is 0 Å². The first-order valence-electron chi connectivity index (χ1n) is 18.9. The van der Waals surface area contributed by atoms with Crippen LogP contribution in [0.5, 0.6) is 0 Å². The van der Waals surface area contributed by atoms with Crippen molar-refractivity contribution in [1.82, 2.24) is 4.98 Å². The second-order valence-electron chi connectivity index (χ2n) is 14.9. The fourth-order valence-electron chi connectivity index (χ4n) is 10.6. The van der Waals surface area contributed by atoms with E-state index >= 15 is 0 Å². The zero-order valence-electron chi connectivity index (χ0n) is 29.5. The van der Waals surface area contributed by atoms with Gasteiger partial charge in [-0.2, -0.15) is 0 Å². The van der Waals surface area contributed by atoms with E-state index in [4.69, 9.17) is 4.98 Å². The molecule has 0 bridgehead atoms. The molecule has 9 aromatic rings. The van der Waals surface area contributed by atoms with Crippen molar-refractivity contribution >= 4 is 10.8 Å². The fourth-order valence-corrected chi connectivity index (χ4v) is 10.6. The Morgan fingerprint density at radius 3 is 1.67 bits per heavy atom. The van der Waals surface area contributed by atoms with Crippen LogP contribution in [0.3, 0.4) is 0 Å². The van der Waals surface area contributed by atoms with Gasteiger partial charge in [-0.05, 0) is 84.3 Å². The third-order valence-corrected chi connectivity index (χ3v) is 12.5. The maximum atomic E-state index is 5.45. The summed E-state index contributed by atoms with van der Waals surface area (Å²) in [5.41, 5.74) is 19.2. The highest BCUT2D eigenvalue weighted by atomic mass is 14.7. The summed E-state index contributed by atoms with van der Waals surface area (Å²) in [6.07, 6.45) is 0. The molecule has 0 saturated carbocycles. The Bertz CT molecular complexity index is 3000. The Labute approximate surface area is 314 Å². The van der Waals surface area contributed by atoms with Crippen LogP contribution in [0, 0.1) is 0 Å². The average Bonchev–Trinajstić information content (AvgIpc) is 3.72. The Kier molecular flexibility index (Phi) is 5.97. The maximum Gasteiger partial charge on any atom is 0.0787 e. The van der Waals surface area contributed by atoms with Crippen LogP contribution in [0.15, 0.2) is 200 Å². The monoisotopic (exact) mass is 683 g/mol. The van der Waals surface area contributed by atoms with Crippen molar-refractivity contribution in [3.63, 3.8) is 0 Å². The second kappa shape index (κ2) is 10.9. The predicted octanol–water partition coefficient (Wildman–Crippen LogP) is 12.6. The minimum Gasteiger partial charge on any atom is -0.247 e. The SMILES string of the molecule is c1ccc(-c2nc(-c3ccc4c(c3)C3(c5ccccc5-4)c4ccccc4C4(c5ccccc5)c5ccccc5-c5cccc3c54)cc3ccccc23)cc1. The Balaban J connectivity index is 1.20. The molecule has 1 spiro atoms. The summed E-state index contributed by atoms with van der Waals surface area (Å²) in [5.74, 6) is 0. The third-order valence-electron chi connectivity index (χ3n) is 12.5. The van der Waals surface area contributed by atoms with Crippen molar-refractivity contribution in [3.8, 4) is 44.8 Å². The first-order valence-corrected chi connectivity index (χ1v) is 18.9. The smallest absolute Gasteiger partial charge is 0.0787 e. The molecule has 0 amide bonds. The summed E-state index contributed by atoms with van der Waals surface area (Å²) in [6.45, 7) is 0. The molecule has 3 aliphatic rings. The molecule has 250 valence electrons. The van der Waals surface area contributed by atoms with Crippen molar-refractivity contribution in [3.05, 3.63) is 245 Å². The number of benzene rings is 8. The number of hydrogen-bond acceptors (Lipinski definition) is 1. The highest BCUT2D eigenvalue weighted by Crippen LogP contribution is 2.68. The molecule has 0 N–H and O–H groups in total. The molecule has 0 aliphatic heterocycles. The number of hydrogen-bond donors (Lipinski definition) is 0. The van der Waals surface area contributed by atoms with E-state index in [0.29, 0.717) is 0 Å². The maximum absolute atomic E-state index is 5.45. The summed E-state index contributed by atoms with van der Waals surface area (Å²) >= 11 is 0. The van der Waals surface area contributed by atoms with E-state index in [1.807, 2.05) is 0 Å². The number of pyridine rings is 1. The van der Waals surface area contributed by atoms with Crippen LogP contribution in [0.25, 0.3) is 55.5 Å². The van der Waals surface area contributed by atoms with Gasteiger partial charge in [0.15, 0.2) is 0 Å². The summed E-state index contributed by atoms with van der Waals surface area (Å²) < 4.78 is 0. The van der Waals surface area contributed by atoms with Gasteiger partial charge in [-0.15, -0.1) is 0 Å². The molecule has 2 atom stereocenters. The van der Waals surface area contributed by atoms with Gasteiger partial charge < -0.3 is 0 Å². The predicted molar refractivity (Wildman–Crippen MR) is 221 cm³/mol. The van der Waals surface area contributed by atoms with Crippen LogP contribution in [0.2, 0.25) is 0 Å². The standard InChI is InChI=1S/C53H33N/c1-3-16-34(17-4-1)51-38-21-8-7-18-35(38)33-49(54-51)36-30-31-41-39-22-9-12-26-44(39)53(48(41)32-36)46-28-14-13-27-45(46)52(37-19-5-2-6-20-37)43-25-11-10-23-40(43)42-24-15-29-47(53)50(42)52/h1-33H. The molecular formula is C53H33N. The molecule has 2 unspecified atom stereocenters. The van der Waals surface area contributed by atoms with Gasteiger partial charge in [-0.3, -0.25) is 0 Å². The zero-order chi connectivity index (χ0) is 35.4. The number of aromatic nitrogens is 1. The first-order chi connectivity index (χ1) is 26.8. The van der Waals surface area contributed by atoms with E-state index in [9.17, 15) is 0 Å². The number of fused-ring (bicyclic) bond motifs is 13. The summed E-state index contributed by atoms with van der Waals surface area (Å²) in [7, 11) is 0. The summed E-state index contributed by atoms with van der Waals surface area (Å²) in [5, 5.41) is 2.35. The van der Waals surface area contributed by atoms with Gasteiger partial charge >= 0.3 is 0 Å². The Hall–Kier alpha value is -6.83. The van der Waals surface area contributed by atoms with Crippen LogP contribution in [0.1, 0.15) is 44.5 Å². The zero-order valence-corrected chi connectivity index (χ0v) is 29.5. The van der Waals surface area contributed by atoms with Crippen LogP contribution in [-0.4, -0.2) is 4.98 Å². The number of nitrogens with zero attached hydrogens (tertiary/aromatic N) is 1. The van der Waals surface area contributed by atoms with Crippen LogP contribution in [-0.2, 0) is 10.8 Å². The normalized spacial score (nSPS) is 18.1. The molecule has 1 heterocycles. The lowest BCUT2D eigenvalue weighted by Gasteiger charge is -2.48. The quantitative estimate of drug-likeness (QED) is 0.181. The van der Waals surface area contributed by atoms with Crippen LogP contribution < -0.4 is 0 Å². The van der Waals surface area contributed by atoms with E-state index in [2.05, 4.69) is 200 Å². The van der Waals surface area contributed by atoms with Gasteiger partial charge in [0, 0.05) is 16.5 Å². The van der Waals surface area contributed by atoms with Crippen molar-refractivity contribution in [1.29, 1.82) is 0 Å². The average molecular weight is 684 g/mol. The highest BCUT2D eigenvalue weighted by molar-refractivity contribution is 5.99. The van der Waals surface area contributed by atoms with Gasteiger partial charge in [0.1, 0.15) is 0 Å². The molecule has 1 nitrogen and oxygen atoms in total. The van der Waals surface area contributed by atoms with Crippen molar-refractivity contribution in [2.45, 2.75) is 10.8 Å². The molecule has 0 fully saturated rings. The van der Waals surface area contributed by atoms with E-state index in [1.165, 1.54) is 72.1 Å². The molecule has 12 rings (SSSR count). The summed E-state index contributed by atoms with van der Waals surface area (Å²) in [6, 6.07) is 74.4. The first kappa shape index (κ1) is 29.7. The van der Waals surface area contributed by atoms with Gasteiger partial charge in [0.25, 0.3) is 0 Å². The summed E-state index contributed by atoms with van der Waals surface area (Å²) in [4.78, 5) is 5.45. The molecule has 1 aromatic heterocycles. The van der Waals surface area contributed by atoms with E-state index < -0.39 is 10.8 Å². The van der Waals surface area contributed by atoms with Crippen molar-refractivity contribution in [2.24, 2.45) is 0 Å².